The fourth-order valence-corrected chi connectivity index (χ4v) is 2.15. The second-order valence-electron chi connectivity index (χ2n) is 4.49. The summed E-state index contributed by atoms with van der Waals surface area (Å²) in [5, 5.41) is 0.981. The van der Waals surface area contributed by atoms with Crippen LogP contribution in [0.15, 0.2) is 36.7 Å². The molecule has 20 heavy (non-hydrogen) atoms. The molecule has 1 aromatic carbocycles. The number of pyridine rings is 1. The smallest absolute Gasteiger partial charge is 0.145 e. The maximum atomic E-state index is 5.58. The Hall–Kier alpha value is -2.69. The van der Waals surface area contributed by atoms with Crippen LogP contribution in [0.2, 0.25) is 0 Å². The third-order valence-corrected chi connectivity index (χ3v) is 3.13. The van der Waals surface area contributed by atoms with Gasteiger partial charge in [-0.05, 0) is 25.1 Å². The van der Waals surface area contributed by atoms with Gasteiger partial charge in [0, 0.05) is 16.6 Å². The van der Waals surface area contributed by atoms with E-state index in [0.717, 1.165) is 33.6 Å². The molecule has 0 atom stereocenters. The van der Waals surface area contributed by atoms with Crippen molar-refractivity contribution >= 4 is 16.7 Å². The second kappa shape index (κ2) is 4.77. The van der Waals surface area contributed by atoms with Crippen molar-refractivity contribution in [3.05, 3.63) is 42.4 Å². The van der Waals surface area contributed by atoms with E-state index in [0.29, 0.717) is 5.82 Å². The van der Waals surface area contributed by atoms with Crippen LogP contribution in [0.25, 0.3) is 22.2 Å². The van der Waals surface area contributed by atoms with Crippen LogP contribution < -0.4 is 10.5 Å². The molecule has 0 saturated carbocycles. The molecule has 5 nitrogen and oxygen atoms in total. The molecule has 0 amide bonds. The first-order valence-electron chi connectivity index (χ1n) is 6.21. The lowest BCUT2D eigenvalue weighted by molar-refractivity contribution is 0.419. The largest absolute Gasteiger partial charge is 0.494 e. The van der Waals surface area contributed by atoms with Gasteiger partial charge in [0.15, 0.2) is 0 Å². The highest BCUT2D eigenvalue weighted by Gasteiger charge is 2.11. The van der Waals surface area contributed by atoms with Crippen LogP contribution in [0.3, 0.4) is 0 Å². The minimum absolute atomic E-state index is 0.403. The molecule has 0 saturated heterocycles. The van der Waals surface area contributed by atoms with Gasteiger partial charge in [0.2, 0.25) is 0 Å². The number of ether oxygens (including phenoxy) is 1. The number of aryl methyl sites for hydroxylation is 1. The quantitative estimate of drug-likeness (QED) is 0.771. The Morgan fingerprint density at radius 3 is 2.60 bits per heavy atom. The average Bonchev–Trinajstić information content (AvgIpc) is 2.47. The fourth-order valence-electron chi connectivity index (χ4n) is 2.15. The minimum atomic E-state index is 0.403. The van der Waals surface area contributed by atoms with Crippen LogP contribution in [-0.2, 0) is 0 Å². The maximum absolute atomic E-state index is 5.58. The van der Waals surface area contributed by atoms with Gasteiger partial charge >= 0.3 is 0 Å². The summed E-state index contributed by atoms with van der Waals surface area (Å²) < 4.78 is 5.37. The van der Waals surface area contributed by atoms with Crippen LogP contribution in [0, 0.1) is 6.92 Å². The first kappa shape index (κ1) is 12.3. The molecule has 0 aliphatic rings. The summed E-state index contributed by atoms with van der Waals surface area (Å²) >= 11 is 0. The van der Waals surface area contributed by atoms with Crippen molar-refractivity contribution in [1.29, 1.82) is 0 Å². The Balaban J connectivity index is 2.29. The fraction of sp³-hybridized carbons (Fsp3) is 0.133. The van der Waals surface area contributed by atoms with E-state index in [4.69, 9.17) is 10.5 Å². The molecule has 0 aliphatic carbocycles. The second-order valence-corrected chi connectivity index (χ2v) is 4.49. The number of nitrogens with zero attached hydrogens (tertiary/aromatic N) is 3. The number of hydrogen-bond acceptors (Lipinski definition) is 5. The highest BCUT2D eigenvalue weighted by molar-refractivity contribution is 5.97. The third-order valence-electron chi connectivity index (χ3n) is 3.13. The first-order chi connectivity index (χ1) is 9.69. The van der Waals surface area contributed by atoms with Gasteiger partial charge in [-0.15, -0.1) is 0 Å². The van der Waals surface area contributed by atoms with Gasteiger partial charge in [0.1, 0.15) is 17.1 Å². The van der Waals surface area contributed by atoms with Crippen molar-refractivity contribution in [2.24, 2.45) is 0 Å². The van der Waals surface area contributed by atoms with Gasteiger partial charge in [-0.25, -0.2) is 9.97 Å². The molecule has 5 heteroatoms. The molecule has 0 bridgehead atoms. The van der Waals surface area contributed by atoms with Gasteiger partial charge in [-0.3, -0.25) is 4.98 Å². The van der Waals surface area contributed by atoms with Crippen molar-refractivity contribution in [2.45, 2.75) is 6.92 Å². The molecule has 3 aromatic rings. The van der Waals surface area contributed by atoms with Crippen LogP contribution in [0.4, 0.5) is 5.82 Å². The maximum Gasteiger partial charge on any atom is 0.145 e. The van der Waals surface area contributed by atoms with Crippen molar-refractivity contribution < 1.29 is 4.74 Å². The standard InChI is InChI=1S/C15H14N4O/c1-9-3-4-11-10(12-7-18-14(16)8-17-12)5-6-13(20-2)15(11)19-9/h3-8H,1-2H3,(H2,16,18). The number of fused-ring (bicyclic) bond motifs is 1. The van der Waals surface area contributed by atoms with E-state index in [1.165, 1.54) is 0 Å². The number of aromatic nitrogens is 3. The SMILES string of the molecule is COc1ccc(-c2cnc(N)cn2)c2ccc(C)nc12. The van der Waals surface area contributed by atoms with Gasteiger partial charge < -0.3 is 10.5 Å². The van der Waals surface area contributed by atoms with Gasteiger partial charge in [-0.1, -0.05) is 6.07 Å². The Kier molecular flexibility index (Phi) is 2.95. The normalized spacial score (nSPS) is 10.7. The molecule has 3 rings (SSSR count). The van der Waals surface area contributed by atoms with Crippen molar-refractivity contribution in [3.8, 4) is 17.0 Å². The number of methoxy groups -OCH3 is 1. The molecule has 0 fully saturated rings. The summed E-state index contributed by atoms with van der Waals surface area (Å²) in [6.07, 6.45) is 3.21. The highest BCUT2D eigenvalue weighted by atomic mass is 16.5. The monoisotopic (exact) mass is 266 g/mol. The molecule has 0 spiro atoms. The van der Waals surface area contributed by atoms with E-state index in [9.17, 15) is 0 Å². The average molecular weight is 266 g/mol. The summed E-state index contributed by atoms with van der Waals surface area (Å²) in [4.78, 5) is 13.0. The Morgan fingerprint density at radius 2 is 1.90 bits per heavy atom. The Labute approximate surface area is 116 Å². The number of nitrogen functional groups attached to an aromatic ring is 1. The number of benzene rings is 1. The molecule has 2 N–H and O–H groups in total. The van der Waals surface area contributed by atoms with E-state index in [2.05, 4.69) is 15.0 Å². The number of nitrogens with two attached hydrogens (primary N) is 1. The van der Waals surface area contributed by atoms with E-state index in [1.54, 1.807) is 19.5 Å². The molecule has 0 aliphatic heterocycles. The van der Waals surface area contributed by atoms with Gasteiger partial charge in [0.05, 0.1) is 25.2 Å². The predicted molar refractivity (Wildman–Crippen MR) is 78.5 cm³/mol. The number of hydrogen-bond donors (Lipinski definition) is 1. The van der Waals surface area contributed by atoms with Crippen molar-refractivity contribution in [3.63, 3.8) is 0 Å². The molecule has 2 aromatic heterocycles. The predicted octanol–water partition coefficient (Wildman–Crippen LogP) is 2.59. The molecule has 2 heterocycles. The molecule has 100 valence electrons. The first-order valence-corrected chi connectivity index (χ1v) is 6.21. The Bertz CT molecular complexity index is 769. The molecule has 0 unspecified atom stereocenters. The van der Waals surface area contributed by atoms with Crippen molar-refractivity contribution in [1.82, 2.24) is 15.0 Å². The lowest BCUT2D eigenvalue weighted by Crippen LogP contribution is -1.95. The van der Waals surface area contributed by atoms with Crippen LogP contribution >= 0.6 is 0 Å². The highest BCUT2D eigenvalue weighted by Crippen LogP contribution is 2.32. The summed E-state index contributed by atoms with van der Waals surface area (Å²) in [5.41, 5.74) is 9.06. The zero-order chi connectivity index (χ0) is 14.1. The minimum Gasteiger partial charge on any atom is -0.494 e. The summed E-state index contributed by atoms with van der Waals surface area (Å²) in [6, 6.07) is 7.84. The number of rotatable bonds is 2. The van der Waals surface area contributed by atoms with E-state index in [1.807, 2.05) is 31.2 Å². The van der Waals surface area contributed by atoms with E-state index in [-0.39, 0.29) is 0 Å². The van der Waals surface area contributed by atoms with Crippen LogP contribution in [0.1, 0.15) is 5.69 Å². The third kappa shape index (κ3) is 2.03. The van der Waals surface area contributed by atoms with Gasteiger partial charge in [-0.2, -0.15) is 0 Å². The van der Waals surface area contributed by atoms with E-state index >= 15 is 0 Å². The summed E-state index contributed by atoms with van der Waals surface area (Å²) in [5.74, 6) is 1.15. The molecular weight excluding hydrogens is 252 g/mol. The zero-order valence-corrected chi connectivity index (χ0v) is 11.3. The topological polar surface area (TPSA) is 73.9 Å². The molecule has 0 radical (unpaired) electrons. The number of anilines is 1. The molecular formula is C15H14N4O. The van der Waals surface area contributed by atoms with Crippen LogP contribution in [0.5, 0.6) is 5.75 Å². The summed E-state index contributed by atoms with van der Waals surface area (Å²) in [7, 11) is 1.64. The van der Waals surface area contributed by atoms with Gasteiger partial charge in [0.25, 0.3) is 0 Å². The lowest BCUT2D eigenvalue weighted by Gasteiger charge is -2.10. The van der Waals surface area contributed by atoms with Crippen LogP contribution in [-0.4, -0.2) is 22.1 Å². The van der Waals surface area contributed by atoms with Crippen molar-refractivity contribution in [2.75, 3.05) is 12.8 Å². The van der Waals surface area contributed by atoms with E-state index < -0.39 is 0 Å². The lowest BCUT2D eigenvalue weighted by atomic mass is 10.0. The summed E-state index contributed by atoms with van der Waals surface area (Å²) in [6.45, 7) is 1.95. The zero-order valence-electron chi connectivity index (χ0n) is 11.3. The Morgan fingerprint density at radius 1 is 1.05 bits per heavy atom.